The summed E-state index contributed by atoms with van der Waals surface area (Å²) in [4.78, 5) is 11.7. The van der Waals surface area contributed by atoms with Gasteiger partial charge in [-0.05, 0) is 19.1 Å². The average molecular weight is 306 g/mol. The van der Waals surface area contributed by atoms with Crippen LogP contribution >= 0.6 is 0 Å². The lowest BCUT2D eigenvalue weighted by Gasteiger charge is -2.30. The largest absolute Gasteiger partial charge is 0.497 e. The van der Waals surface area contributed by atoms with Gasteiger partial charge < -0.3 is 15.2 Å². The Labute approximate surface area is 120 Å². The number of benzene rings is 1. The number of ether oxygens (including phenoxy) is 2. The maximum Gasteiger partial charge on any atom is 0.401 e. The van der Waals surface area contributed by atoms with Gasteiger partial charge in [-0.3, -0.25) is 10.1 Å². The van der Waals surface area contributed by atoms with Gasteiger partial charge in [-0.2, -0.15) is 13.2 Å². The first kappa shape index (κ1) is 17.1. The minimum atomic E-state index is -4.48. The monoisotopic (exact) mass is 306 g/mol. The fourth-order valence-electron chi connectivity index (χ4n) is 1.80. The molecule has 0 aliphatic heterocycles. The van der Waals surface area contributed by atoms with Crippen LogP contribution in [0.4, 0.5) is 13.2 Å². The molecule has 118 valence electrons. The van der Waals surface area contributed by atoms with Crippen LogP contribution in [0.1, 0.15) is 12.5 Å². The van der Waals surface area contributed by atoms with Crippen LogP contribution in [0.25, 0.3) is 0 Å². The normalized spacial score (nSPS) is 14.4. The first-order valence-electron chi connectivity index (χ1n) is 5.98. The first-order valence-corrected chi connectivity index (χ1v) is 5.98. The Kier molecular flexibility index (Phi) is 5.06. The summed E-state index contributed by atoms with van der Waals surface area (Å²) in [5.41, 5.74) is 3.74. The Morgan fingerprint density at radius 2 is 1.90 bits per heavy atom. The highest BCUT2D eigenvalue weighted by Crippen LogP contribution is 2.33. The predicted molar refractivity (Wildman–Crippen MR) is 70.2 cm³/mol. The van der Waals surface area contributed by atoms with E-state index in [1.807, 2.05) is 0 Å². The molecule has 21 heavy (non-hydrogen) atoms. The van der Waals surface area contributed by atoms with E-state index in [1.165, 1.54) is 39.3 Å². The van der Waals surface area contributed by atoms with Crippen LogP contribution in [0.2, 0.25) is 0 Å². The van der Waals surface area contributed by atoms with Crippen molar-refractivity contribution >= 4 is 5.91 Å². The molecule has 0 saturated carbocycles. The number of carbonyl (C=O) groups is 1. The first-order chi connectivity index (χ1) is 9.64. The number of carbonyl (C=O) groups excluding carboxylic acids is 1. The van der Waals surface area contributed by atoms with Crippen molar-refractivity contribution in [1.29, 1.82) is 0 Å². The number of methoxy groups -OCH3 is 2. The lowest BCUT2D eigenvalue weighted by atomic mass is 9.90. The van der Waals surface area contributed by atoms with E-state index < -0.39 is 24.2 Å². The quantitative estimate of drug-likeness (QED) is 0.836. The number of hydrogen-bond donors (Lipinski definition) is 2. The third-order valence-corrected chi connectivity index (χ3v) is 3.08. The van der Waals surface area contributed by atoms with Gasteiger partial charge in [-0.15, -0.1) is 0 Å². The van der Waals surface area contributed by atoms with E-state index in [9.17, 15) is 18.0 Å². The zero-order valence-corrected chi connectivity index (χ0v) is 11.9. The minimum absolute atomic E-state index is 0.197. The zero-order valence-electron chi connectivity index (χ0n) is 11.9. The Hall–Kier alpha value is -1.96. The number of hydrogen-bond acceptors (Lipinski definition) is 4. The maximum atomic E-state index is 12.4. The molecule has 1 aromatic carbocycles. The molecule has 1 amide bonds. The van der Waals surface area contributed by atoms with E-state index in [0.29, 0.717) is 5.75 Å². The van der Waals surface area contributed by atoms with Gasteiger partial charge in [-0.25, -0.2) is 0 Å². The molecule has 1 aromatic rings. The number of nitrogens with two attached hydrogens (primary N) is 1. The van der Waals surface area contributed by atoms with Gasteiger partial charge in [0.15, 0.2) is 0 Å². The zero-order chi connectivity index (χ0) is 16.3. The summed E-state index contributed by atoms with van der Waals surface area (Å²) < 4.78 is 47.3. The van der Waals surface area contributed by atoms with E-state index in [2.05, 4.69) is 5.32 Å². The second kappa shape index (κ2) is 6.21. The highest BCUT2D eigenvalue weighted by molar-refractivity contribution is 5.86. The van der Waals surface area contributed by atoms with Crippen LogP contribution in [-0.4, -0.2) is 32.8 Å². The van der Waals surface area contributed by atoms with Crippen LogP contribution in [0.5, 0.6) is 11.5 Å². The van der Waals surface area contributed by atoms with Crippen molar-refractivity contribution < 1.29 is 27.4 Å². The van der Waals surface area contributed by atoms with Crippen molar-refractivity contribution in [2.24, 2.45) is 5.73 Å². The van der Waals surface area contributed by atoms with Crippen molar-refractivity contribution in [2.45, 2.75) is 18.6 Å². The maximum absolute atomic E-state index is 12.4. The summed E-state index contributed by atoms with van der Waals surface area (Å²) in [6.07, 6.45) is -4.48. The topological polar surface area (TPSA) is 73.6 Å². The Balaban J connectivity index is 3.24. The Morgan fingerprint density at radius 3 is 2.33 bits per heavy atom. The highest BCUT2D eigenvalue weighted by atomic mass is 19.4. The average Bonchev–Trinajstić information content (AvgIpc) is 2.42. The third-order valence-electron chi connectivity index (χ3n) is 3.08. The third kappa shape index (κ3) is 4.01. The molecule has 1 unspecified atom stereocenters. The summed E-state index contributed by atoms with van der Waals surface area (Å²) in [5.74, 6) is -0.307. The standard InChI is InChI=1S/C13H17F3N2O3/c1-12(11(17)19,18-7-13(14,15)16)9-5-4-8(20-2)6-10(9)21-3/h4-6,18H,7H2,1-3H3,(H2,17,19). The van der Waals surface area contributed by atoms with Crippen molar-refractivity contribution in [3.8, 4) is 11.5 Å². The molecule has 1 rings (SSSR count). The van der Waals surface area contributed by atoms with Crippen molar-refractivity contribution in [2.75, 3.05) is 20.8 Å². The molecule has 0 aliphatic carbocycles. The lowest BCUT2D eigenvalue weighted by Crippen LogP contribution is -2.53. The van der Waals surface area contributed by atoms with E-state index in [-0.39, 0.29) is 11.3 Å². The van der Waals surface area contributed by atoms with Crippen LogP contribution in [0.3, 0.4) is 0 Å². The van der Waals surface area contributed by atoms with E-state index >= 15 is 0 Å². The summed E-state index contributed by atoms with van der Waals surface area (Å²) in [5, 5.41) is 2.14. The summed E-state index contributed by atoms with van der Waals surface area (Å²) in [7, 11) is 2.77. The number of nitrogens with one attached hydrogen (secondary N) is 1. The molecular weight excluding hydrogens is 289 g/mol. The lowest BCUT2D eigenvalue weighted by molar-refractivity contribution is -0.135. The van der Waals surface area contributed by atoms with Crippen LogP contribution in [0, 0.1) is 0 Å². The molecule has 5 nitrogen and oxygen atoms in total. The molecule has 0 saturated heterocycles. The minimum Gasteiger partial charge on any atom is -0.497 e. The number of rotatable bonds is 6. The van der Waals surface area contributed by atoms with Gasteiger partial charge in [0.1, 0.15) is 17.0 Å². The number of alkyl halides is 3. The van der Waals surface area contributed by atoms with Gasteiger partial charge in [0, 0.05) is 11.6 Å². The molecule has 8 heteroatoms. The molecule has 0 bridgehead atoms. The fraction of sp³-hybridized carbons (Fsp3) is 0.462. The molecule has 0 heterocycles. The van der Waals surface area contributed by atoms with E-state index in [0.717, 1.165) is 0 Å². The highest BCUT2D eigenvalue weighted by Gasteiger charge is 2.39. The second-order valence-electron chi connectivity index (χ2n) is 4.52. The van der Waals surface area contributed by atoms with Gasteiger partial charge in [0.2, 0.25) is 5.91 Å². The molecule has 0 spiro atoms. The summed E-state index contributed by atoms with van der Waals surface area (Å²) in [6, 6.07) is 4.41. The molecule has 3 N–H and O–H groups in total. The Morgan fingerprint density at radius 1 is 1.29 bits per heavy atom. The van der Waals surface area contributed by atoms with Crippen LogP contribution in [-0.2, 0) is 10.3 Å². The van der Waals surface area contributed by atoms with Crippen molar-refractivity contribution in [3.05, 3.63) is 23.8 Å². The summed E-state index contributed by atoms with van der Waals surface area (Å²) in [6.45, 7) is -0.0903. The van der Waals surface area contributed by atoms with Gasteiger partial charge in [-0.1, -0.05) is 0 Å². The van der Waals surface area contributed by atoms with Crippen molar-refractivity contribution in [3.63, 3.8) is 0 Å². The number of halogens is 3. The second-order valence-corrected chi connectivity index (χ2v) is 4.52. The van der Waals surface area contributed by atoms with Crippen LogP contribution in [0.15, 0.2) is 18.2 Å². The van der Waals surface area contributed by atoms with E-state index in [1.54, 1.807) is 0 Å². The number of amides is 1. The van der Waals surface area contributed by atoms with Gasteiger partial charge in [0.05, 0.1) is 20.8 Å². The molecule has 1 atom stereocenters. The van der Waals surface area contributed by atoms with Crippen LogP contribution < -0.4 is 20.5 Å². The molecular formula is C13H17F3N2O3. The fourth-order valence-corrected chi connectivity index (χ4v) is 1.80. The predicted octanol–water partition coefficient (Wildman–Crippen LogP) is 1.56. The molecule has 0 aliphatic rings. The Bertz CT molecular complexity index is 520. The molecule has 0 aromatic heterocycles. The van der Waals surface area contributed by atoms with E-state index in [4.69, 9.17) is 15.2 Å². The van der Waals surface area contributed by atoms with Gasteiger partial charge in [0.25, 0.3) is 0 Å². The SMILES string of the molecule is COc1ccc(C(C)(NCC(F)(F)F)C(N)=O)c(OC)c1. The van der Waals surface area contributed by atoms with Gasteiger partial charge >= 0.3 is 6.18 Å². The molecule has 0 fully saturated rings. The van der Waals surface area contributed by atoms with Crippen molar-refractivity contribution in [1.82, 2.24) is 5.32 Å². The molecule has 0 radical (unpaired) electrons. The number of primary amides is 1. The summed E-state index contributed by atoms with van der Waals surface area (Å²) >= 11 is 0. The smallest absolute Gasteiger partial charge is 0.401 e.